The number of amides is 1. The van der Waals surface area contributed by atoms with Gasteiger partial charge in [0.15, 0.2) is 5.57 Å². The van der Waals surface area contributed by atoms with Crippen LogP contribution in [0.3, 0.4) is 0 Å². The Labute approximate surface area is 99.0 Å². The molecule has 0 aromatic rings. The highest BCUT2D eigenvalue weighted by atomic mass is 16.7. The van der Waals surface area contributed by atoms with Crippen LogP contribution in [0.2, 0.25) is 0 Å². The van der Waals surface area contributed by atoms with Gasteiger partial charge < -0.3 is 14.8 Å². The van der Waals surface area contributed by atoms with Crippen LogP contribution >= 0.6 is 0 Å². The molecule has 0 saturated carbocycles. The van der Waals surface area contributed by atoms with Crippen LogP contribution in [0.4, 0.5) is 0 Å². The fourth-order valence-electron chi connectivity index (χ4n) is 1.23. The predicted octanol–water partition coefficient (Wildman–Crippen LogP) is 0.623. The smallest absolute Gasteiger partial charge is 0.350 e. The van der Waals surface area contributed by atoms with Crippen molar-refractivity contribution in [3.05, 3.63) is 11.8 Å². The van der Waals surface area contributed by atoms with Crippen LogP contribution < -0.4 is 5.32 Å². The van der Waals surface area contributed by atoms with Crippen molar-refractivity contribution in [2.45, 2.75) is 39.4 Å². The second-order valence-corrected chi connectivity index (χ2v) is 4.05. The topological polar surface area (TPSA) is 81.7 Å². The van der Waals surface area contributed by atoms with Gasteiger partial charge in [-0.15, -0.1) is 0 Å². The van der Waals surface area contributed by atoms with Crippen LogP contribution in [0.5, 0.6) is 0 Å². The number of hydrogen-bond acceptors (Lipinski definition) is 5. The van der Waals surface area contributed by atoms with Crippen LogP contribution in [-0.4, -0.2) is 23.6 Å². The van der Waals surface area contributed by atoms with Crippen molar-refractivity contribution in [2.75, 3.05) is 0 Å². The van der Waals surface area contributed by atoms with E-state index in [1.807, 2.05) is 6.92 Å². The van der Waals surface area contributed by atoms with Crippen molar-refractivity contribution in [1.29, 1.82) is 0 Å². The number of cyclic esters (lactones) is 2. The molecule has 0 bridgehead atoms. The van der Waals surface area contributed by atoms with Crippen LogP contribution in [0.25, 0.3) is 0 Å². The largest absolute Gasteiger partial charge is 0.419 e. The molecule has 1 saturated heterocycles. The molecule has 0 unspecified atom stereocenters. The zero-order chi connectivity index (χ0) is 13.1. The van der Waals surface area contributed by atoms with E-state index >= 15 is 0 Å². The Balaban J connectivity index is 2.71. The van der Waals surface area contributed by atoms with E-state index in [0.29, 0.717) is 12.8 Å². The van der Waals surface area contributed by atoms with Crippen molar-refractivity contribution >= 4 is 17.8 Å². The van der Waals surface area contributed by atoms with E-state index in [-0.39, 0.29) is 11.5 Å². The fourth-order valence-corrected chi connectivity index (χ4v) is 1.23. The lowest BCUT2D eigenvalue weighted by Gasteiger charge is -2.29. The van der Waals surface area contributed by atoms with Gasteiger partial charge in [0.1, 0.15) is 0 Å². The van der Waals surface area contributed by atoms with E-state index in [0.717, 1.165) is 6.20 Å². The van der Waals surface area contributed by atoms with Gasteiger partial charge in [0.2, 0.25) is 5.91 Å². The summed E-state index contributed by atoms with van der Waals surface area (Å²) < 4.78 is 9.69. The fraction of sp³-hybridized carbons (Fsp3) is 0.545. The molecule has 0 atom stereocenters. The Kier molecular flexibility index (Phi) is 3.88. The third-order valence-electron chi connectivity index (χ3n) is 1.97. The minimum atomic E-state index is -1.26. The summed E-state index contributed by atoms with van der Waals surface area (Å²) in [4.78, 5) is 34.1. The highest BCUT2D eigenvalue weighted by Crippen LogP contribution is 2.21. The highest BCUT2D eigenvalue weighted by Gasteiger charge is 2.38. The Morgan fingerprint density at radius 1 is 1.29 bits per heavy atom. The summed E-state index contributed by atoms with van der Waals surface area (Å²) in [6.45, 7) is 4.75. The molecule has 0 radical (unpaired) electrons. The first-order valence-electron chi connectivity index (χ1n) is 5.32. The average molecular weight is 241 g/mol. The minimum absolute atomic E-state index is 0.273. The van der Waals surface area contributed by atoms with Crippen molar-refractivity contribution < 1.29 is 23.9 Å². The van der Waals surface area contributed by atoms with Gasteiger partial charge in [0, 0.05) is 26.5 Å². The lowest BCUT2D eigenvalue weighted by atomic mass is 10.2. The number of ether oxygens (including phenoxy) is 2. The maximum Gasteiger partial charge on any atom is 0.350 e. The van der Waals surface area contributed by atoms with Crippen LogP contribution in [0.15, 0.2) is 11.8 Å². The molecule has 1 fully saturated rings. The average Bonchev–Trinajstić information content (AvgIpc) is 2.14. The maximum atomic E-state index is 11.4. The van der Waals surface area contributed by atoms with Crippen molar-refractivity contribution in [2.24, 2.45) is 0 Å². The standard InChI is InChI=1S/C11H15NO5/c1-4-5-8(13)12-6-7-9(14)16-11(2,3)17-10(7)15/h6H,4-5H2,1-3H3,(H,12,13). The van der Waals surface area contributed by atoms with Gasteiger partial charge in [-0.25, -0.2) is 9.59 Å². The lowest BCUT2D eigenvalue weighted by Crippen LogP contribution is -2.42. The Morgan fingerprint density at radius 3 is 2.29 bits per heavy atom. The monoisotopic (exact) mass is 241 g/mol. The predicted molar refractivity (Wildman–Crippen MR) is 57.4 cm³/mol. The van der Waals surface area contributed by atoms with Crippen LogP contribution in [-0.2, 0) is 23.9 Å². The highest BCUT2D eigenvalue weighted by molar-refractivity contribution is 6.15. The number of carbonyl (C=O) groups excluding carboxylic acids is 3. The number of carbonyl (C=O) groups is 3. The molecule has 1 N–H and O–H groups in total. The van der Waals surface area contributed by atoms with Crippen molar-refractivity contribution in [3.8, 4) is 0 Å². The third kappa shape index (κ3) is 3.58. The quantitative estimate of drug-likeness (QED) is 0.445. The Morgan fingerprint density at radius 2 is 1.82 bits per heavy atom. The lowest BCUT2D eigenvalue weighted by molar-refractivity contribution is -0.222. The van der Waals surface area contributed by atoms with Crippen molar-refractivity contribution in [3.63, 3.8) is 0 Å². The zero-order valence-electron chi connectivity index (χ0n) is 10.0. The van der Waals surface area contributed by atoms with Crippen LogP contribution in [0.1, 0.15) is 33.6 Å². The van der Waals surface area contributed by atoms with E-state index in [2.05, 4.69) is 5.32 Å². The molecule has 17 heavy (non-hydrogen) atoms. The molecule has 1 aliphatic heterocycles. The molecule has 1 aliphatic rings. The first-order valence-corrected chi connectivity index (χ1v) is 5.32. The normalized spacial score (nSPS) is 18.2. The number of esters is 2. The van der Waals surface area contributed by atoms with E-state index in [1.54, 1.807) is 0 Å². The molecule has 94 valence electrons. The summed E-state index contributed by atoms with van der Waals surface area (Å²) >= 11 is 0. The van der Waals surface area contributed by atoms with Gasteiger partial charge in [-0.2, -0.15) is 0 Å². The first-order chi connectivity index (χ1) is 7.85. The molecular formula is C11H15NO5. The summed E-state index contributed by atoms with van der Waals surface area (Å²) in [5.41, 5.74) is -0.311. The number of nitrogens with one attached hydrogen (secondary N) is 1. The van der Waals surface area contributed by atoms with E-state index in [9.17, 15) is 14.4 Å². The van der Waals surface area contributed by atoms with Gasteiger partial charge in [0.05, 0.1) is 0 Å². The van der Waals surface area contributed by atoms with Gasteiger partial charge in [-0.3, -0.25) is 4.79 Å². The van der Waals surface area contributed by atoms with E-state index < -0.39 is 17.7 Å². The minimum Gasteiger partial charge on any atom is -0.419 e. The van der Waals surface area contributed by atoms with Gasteiger partial charge in [-0.05, 0) is 6.42 Å². The summed E-state index contributed by atoms with van der Waals surface area (Å²) in [5.74, 6) is -3.14. The zero-order valence-corrected chi connectivity index (χ0v) is 10.0. The van der Waals surface area contributed by atoms with E-state index in [1.165, 1.54) is 13.8 Å². The van der Waals surface area contributed by atoms with Gasteiger partial charge in [-0.1, -0.05) is 6.92 Å². The summed E-state index contributed by atoms with van der Waals surface area (Å²) in [7, 11) is 0. The second-order valence-electron chi connectivity index (χ2n) is 4.05. The Hall–Kier alpha value is -1.85. The molecule has 6 heteroatoms. The van der Waals surface area contributed by atoms with Crippen LogP contribution in [0, 0.1) is 0 Å². The summed E-state index contributed by atoms with van der Waals surface area (Å²) in [5, 5.41) is 2.34. The molecule has 0 aromatic carbocycles. The molecule has 1 heterocycles. The SMILES string of the molecule is CCCC(=O)NC=C1C(=O)OC(C)(C)OC1=O. The molecular weight excluding hydrogens is 226 g/mol. The number of hydrogen-bond donors (Lipinski definition) is 1. The Bertz CT molecular complexity index is 361. The van der Waals surface area contributed by atoms with E-state index in [4.69, 9.17) is 9.47 Å². The molecule has 0 spiro atoms. The molecule has 0 aromatic heterocycles. The van der Waals surface area contributed by atoms with Gasteiger partial charge in [0.25, 0.3) is 5.79 Å². The first kappa shape index (κ1) is 13.2. The molecule has 1 amide bonds. The molecule has 6 nitrogen and oxygen atoms in total. The van der Waals surface area contributed by atoms with Crippen molar-refractivity contribution in [1.82, 2.24) is 5.32 Å². The third-order valence-corrected chi connectivity index (χ3v) is 1.97. The molecule has 0 aliphatic carbocycles. The maximum absolute atomic E-state index is 11.4. The number of rotatable bonds is 3. The summed E-state index contributed by atoms with van der Waals surface area (Å²) in [6.07, 6.45) is 2.02. The van der Waals surface area contributed by atoms with Gasteiger partial charge >= 0.3 is 11.9 Å². The second kappa shape index (κ2) is 4.99. The molecule has 1 rings (SSSR count). The summed E-state index contributed by atoms with van der Waals surface area (Å²) in [6, 6.07) is 0.